The molecule has 0 saturated heterocycles. The van der Waals surface area contributed by atoms with Crippen molar-refractivity contribution in [1.29, 1.82) is 0 Å². The van der Waals surface area contributed by atoms with Crippen LogP contribution in [0.5, 0.6) is 11.5 Å². The highest BCUT2D eigenvalue weighted by molar-refractivity contribution is 6.33. The van der Waals surface area contributed by atoms with Gasteiger partial charge in [0.2, 0.25) is 0 Å². The molecule has 0 amide bonds. The Bertz CT molecular complexity index is 692. The minimum absolute atomic E-state index is 0.197. The van der Waals surface area contributed by atoms with Crippen LogP contribution < -0.4 is 0 Å². The first-order chi connectivity index (χ1) is 9.47. The monoisotopic (exact) mass is 270 g/mol. The van der Waals surface area contributed by atoms with Crippen molar-refractivity contribution in [3.05, 3.63) is 53.6 Å². The third kappa shape index (κ3) is 2.89. The molecule has 1 aliphatic rings. The maximum absolute atomic E-state index is 11.8. The van der Waals surface area contributed by atoms with Gasteiger partial charge in [-0.15, -0.1) is 0 Å². The van der Waals surface area contributed by atoms with E-state index in [0.29, 0.717) is 5.56 Å². The summed E-state index contributed by atoms with van der Waals surface area (Å²) in [5.74, 6) is -2.11. The van der Waals surface area contributed by atoms with Crippen LogP contribution in [0.4, 0.5) is 0 Å². The fourth-order valence-electron chi connectivity index (χ4n) is 1.61. The number of rotatable bonds is 3. The Morgan fingerprint density at radius 2 is 1.80 bits per heavy atom. The molecule has 0 spiro atoms. The highest BCUT2D eigenvalue weighted by Gasteiger charge is 2.18. The van der Waals surface area contributed by atoms with Gasteiger partial charge >= 0.3 is 0 Å². The van der Waals surface area contributed by atoms with Gasteiger partial charge in [-0.05, 0) is 35.9 Å². The van der Waals surface area contributed by atoms with Gasteiger partial charge in [0.25, 0.3) is 0 Å². The number of hydrogen-bond acceptors (Lipinski definition) is 5. The van der Waals surface area contributed by atoms with E-state index in [2.05, 4.69) is 0 Å². The van der Waals surface area contributed by atoms with E-state index in [1.807, 2.05) is 0 Å². The van der Waals surface area contributed by atoms with E-state index in [0.717, 1.165) is 24.3 Å². The number of benzene rings is 1. The molecule has 0 fully saturated rings. The van der Waals surface area contributed by atoms with Crippen LogP contribution in [-0.4, -0.2) is 27.6 Å². The van der Waals surface area contributed by atoms with E-state index in [1.165, 1.54) is 24.3 Å². The molecule has 1 aromatic rings. The molecular weight excluding hydrogens is 260 g/mol. The van der Waals surface area contributed by atoms with Gasteiger partial charge in [-0.2, -0.15) is 0 Å². The predicted molar refractivity (Wildman–Crippen MR) is 71.0 cm³/mol. The van der Waals surface area contributed by atoms with Crippen LogP contribution in [0.3, 0.4) is 0 Å². The average molecular weight is 270 g/mol. The van der Waals surface area contributed by atoms with Crippen molar-refractivity contribution in [1.82, 2.24) is 0 Å². The standard InChI is InChI=1S/C15H10O5/c16-10-3-6-13(18)11(8-10)12(17)4-1-9-2-5-14(19)15(20)7-9/h1-8,19-20H. The molecule has 0 atom stereocenters. The first-order valence-electron chi connectivity index (χ1n) is 5.70. The zero-order valence-corrected chi connectivity index (χ0v) is 10.2. The second kappa shape index (κ2) is 5.36. The Hall–Kier alpha value is -2.95. The molecule has 0 bridgehead atoms. The molecule has 1 aliphatic carbocycles. The van der Waals surface area contributed by atoms with Crippen LogP contribution in [0.2, 0.25) is 0 Å². The molecule has 100 valence electrons. The molecule has 5 heteroatoms. The van der Waals surface area contributed by atoms with Crippen LogP contribution in [0.15, 0.2) is 48.1 Å². The molecule has 0 aromatic heterocycles. The summed E-state index contributed by atoms with van der Waals surface area (Å²) in [7, 11) is 0. The van der Waals surface area contributed by atoms with Gasteiger partial charge < -0.3 is 10.2 Å². The zero-order valence-electron chi connectivity index (χ0n) is 10.2. The lowest BCUT2D eigenvalue weighted by Gasteiger charge is -2.02. The quantitative estimate of drug-likeness (QED) is 0.374. The number of carbonyl (C=O) groups excluding carboxylic acids is 3. The normalized spacial score (nSPS) is 14.7. The SMILES string of the molecule is O=C1C=CC(=O)C(C(=O)C=Cc2ccc(O)c(O)c2)=C1. The van der Waals surface area contributed by atoms with Crippen LogP contribution >= 0.6 is 0 Å². The third-order valence-electron chi connectivity index (χ3n) is 2.64. The summed E-state index contributed by atoms with van der Waals surface area (Å²) >= 11 is 0. The largest absolute Gasteiger partial charge is 0.504 e. The summed E-state index contributed by atoms with van der Waals surface area (Å²) in [5.41, 5.74) is 0.274. The predicted octanol–water partition coefficient (Wildman–Crippen LogP) is 1.31. The number of phenols is 2. The molecule has 0 unspecified atom stereocenters. The van der Waals surface area contributed by atoms with Gasteiger partial charge in [0, 0.05) is 6.08 Å². The first kappa shape index (κ1) is 13.5. The van der Waals surface area contributed by atoms with Crippen molar-refractivity contribution in [3.63, 3.8) is 0 Å². The second-order valence-electron chi connectivity index (χ2n) is 4.10. The van der Waals surface area contributed by atoms with Crippen LogP contribution in [0, 0.1) is 0 Å². The van der Waals surface area contributed by atoms with E-state index in [4.69, 9.17) is 5.11 Å². The van der Waals surface area contributed by atoms with Crippen molar-refractivity contribution in [2.45, 2.75) is 0 Å². The lowest BCUT2D eigenvalue weighted by atomic mass is 9.99. The maximum Gasteiger partial charge on any atom is 0.190 e. The van der Waals surface area contributed by atoms with Gasteiger partial charge in [0.15, 0.2) is 28.8 Å². The number of aromatic hydroxyl groups is 2. The smallest absolute Gasteiger partial charge is 0.190 e. The lowest BCUT2D eigenvalue weighted by molar-refractivity contribution is -0.118. The molecule has 0 aliphatic heterocycles. The van der Waals surface area contributed by atoms with Crippen molar-refractivity contribution in [3.8, 4) is 11.5 Å². The summed E-state index contributed by atoms with van der Waals surface area (Å²) in [6.07, 6.45) is 5.64. The van der Waals surface area contributed by atoms with E-state index >= 15 is 0 Å². The van der Waals surface area contributed by atoms with E-state index < -0.39 is 17.3 Å². The summed E-state index contributed by atoms with van der Waals surface area (Å²) in [5, 5.41) is 18.5. The Kier molecular flexibility index (Phi) is 3.61. The molecule has 2 rings (SSSR count). The highest BCUT2D eigenvalue weighted by atomic mass is 16.3. The minimum Gasteiger partial charge on any atom is -0.504 e. The number of phenolic OH excluding ortho intramolecular Hbond substituents is 2. The van der Waals surface area contributed by atoms with Crippen molar-refractivity contribution < 1.29 is 24.6 Å². The number of hydrogen-bond donors (Lipinski definition) is 2. The number of allylic oxidation sites excluding steroid dienone is 5. The lowest BCUT2D eigenvalue weighted by Crippen LogP contribution is -2.14. The molecule has 20 heavy (non-hydrogen) atoms. The van der Waals surface area contributed by atoms with E-state index in [1.54, 1.807) is 0 Å². The first-order valence-corrected chi connectivity index (χ1v) is 5.70. The Morgan fingerprint density at radius 3 is 2.50 bits per heavy atom. The fraction of sp³-hybridized carbons (Fsp3) is 0. The summed E-state index contributed by atoms with van der Waals surface area (Å²) in [4.78, 5) is 34.4. The van der Waals surface area contributed by atoms with Gasteiger partial charge in [0.05, 0.1) is 5.57 Å². The zero-order chi connectivity index (χ0) is 14.7. The topological polar surface area (TPSA) is 91.7 Å². The third-order valence-corrected chi connectivity index (χ3v) is 2.64. The molecule has 5 nitrogen and oxygen atoms in total. The average Bonchev–Trinajstić information content (AvgIpc) is 2.42. The molecule has 2 N–H and O–H groups in total. The fourth-order valence-corrected chi connectivity index (χ4v) is 1.61. The summed E-state index contributed by atoms with van der Waals surface area (Å²) in [6, 6.07) is 4.03. The van der Waals surface area contributed by atoms with E-state index in [-0.39, 0.29) is 17.1 Å². The van der Waals surface area contributed by atoms with E-state index in [9.17, 15) is 19.5 Å². The maximum atomic E-state index is 11.8. The molecule has 0 saturated carbocycles. The van der Waals surface area contributed by atoms with Crippen LogP contribution in [0.25, 0.3) is 6.08 Å². The van der Waals surface area contributed by atoms with Crippen molar-refractivity contribution in [2.24, 2.45) is 0 Å². The Morgan fingerprint density at radius 1 is 1.05 bits per heavy atom. The van der Waals surface area contributed by atoms with Gasteiger partial charge in [0.1, 0.15) is 0 Å². The van der Waals surface area contributed by atoms with Crippen molar-refractivity contribution in [2.75, 3.05) is 0 Å². The minimum atomic E-state index is -0.597. The van der Waals surface area contributed by atoms with Crippen molar-refractivity contribution >= 4 is 23.4 Å². The van der Waals surface area contributed by atoms with Crippen LogP contribution in [0.1, 0.15) is 5.56 Å². The number of ketones is 3. The van der Waals surface area contributed by atoms with Gasteiger partial charge in [-0.25, -0.2) is 0 Å². The second-order valence-corrected chi connectivity index (χ2v) is 4.10. The molecular formula is C15H10O5. The summed E-state index contributed by atoms with van der Waals surface area (Å²) < 4.78 is 0. The van der Waals surface area contributed by atoms with Gasteiger partial charge in [-0.3, -0.25) is 14.4 Å². The van der Waals surface area contributed by atoms with Gasteiger partial charge in [-0.1, -0.05) is 12.1 Å². The van der Waals surface area contributed by atoms with Crippen LogP contribution in [-0.2, 0) is 14.4 Å². The Labute approximate surface area is 114 Å². The molecule has 1 aromatic carbocycles. The molecule has 0 heterocycles. The highest BCUT2D eigenvalue weighted by Crippen LogP contribution is 2.25. The summed E-state index contributed by atoms with van der Waals surface area (Å²) in [6.45, 7) is 0. The number of carbonyl (C=O) groups is 3. The molecule has 0 radical (unpaired) electrons. The Balaban J connectivity index is 2.19.